The van der Waals surface area contributed by atoms with Gasteiger partial charge < -0.3 is 10.7 Å². The number of nitrogen functional groups attached to an aromatic ring is 1. The number of hydrogen-bond acceptors (Lipinski definition) is 3. The third kappa shape index (κ3) is 2.39. The number of benzene rings is 2. The van der Waals surface area contributed by atoms with E-state index in [0.717, 1.165) is 33.9 Å². The van der Waals surface area contributed by atoms with Crippen LogP contribution in [-0.2, 0) is 6.42 Å². The van der Waals surface area contributed by atoms with Crippen molar-refractivity contribution in [2.75, 3.05) is 5.73 Å². The SMILES string of the molecule is CCc1ccc2[nH]c3c(-c4cc(Cl)ccc4Cl)nc(N)nc3c2c1. The maximum atomic E-state index is 6.36. The Labute approximate surface area is 148 Å². The summed E-state index contributed by atoms with van der Waals surface area (Å²) in [5, 5.41) is 2.17. The van der Waals surface area contributed by atoms with Gasteiger partial charge in [-0.25, -0.2) is 9.97 Å². The molecule has 2 heterocycles. The summed E-state index contributed by atoms with van der Waals surface area (Å²) in [6.07, 6.45) is 0.955. The molecule has 0 fully saturated rings. The molecule has 0 unspecified atom stereocenters. The van der Waals surface area contributed by atoms with Gasteiger partial charge in [0, 0.05) is 21.5 Å². The van der Waals surface area contributed by atoms with Crippen molar-refractivity contribution < 1.29 is 0 Å². The number of fused-ring (bicyclic) bond motifs is 3. The van der Waals surface area contributed by atoms with E-state index in [4.69, 9.17) is 28.9 Å². The summed E-state index contributed by atoms with van der Waals surface area (Å²) >= 11 is 12.5. The van der Waals surface area contributed by atoms with Crippen molar-refractivity contribution in [1.29, 1.82) is 0 Å². The van der Waals surface area contributed by atoms with Crippen LogP contribution in [0.3, 0.4) is 0 Å². The number of rotatable bonds is 2. The van der Waals surface area contributed by atoms with Crippen LogP contribution < -0.4 is 5.73 Å². The van der Waals surface area contributed by atoms with E-state index in [1.54, 1.807) is 18.2 Å². The van der Waals surface area contributed by atoms with Crippen LogP contribution in [0.1, 0.15) is 12.5 Å². The molecule has 0 atom stereocenters. The Hall–Kier alpha value is -2.30. The summed E-state index contributed by atoms with van der Waals surface area (Å²) in [6.45, 7) is 2.12. The first kappa shape index (κ1) is 15.2. The van der Waals surface area contributed by atoms with Gasteiger partial charge in [0.05, 0.1) is 10.5 Å². The second-order valence-corrected chi connectivity index (χ2v) is 6.48. The van der Waals surface area contributed by atoms with Crippen molar-refractivity contribution >= 4 is 51.1 Å². The minimum atomic E-state index is 0.205. The molecule has 0 spiro atoms. The Balaban J connectivity index is 2.11. The molecular formula is C18H14Cl2N4. The third-order valence-corrected chi connectivity index (χ3v) is 4.68. The van der Waals surface area contributed by atoms with Crippen molar-refractivity contribution in [3.63, 3.8) is 0 Å². The number of hydrogen-bond donors (Lipinski definition) is 2. The van der Waals surface area contributed by atoms with E-state index in [9.17, 15) is 0 Å². The molecule has 120 valence electrons. The van der Waals surface area contributed by atoms with Gasteiger partial charge in [-0.05, 0) is 42.3 Å². The van der Waals surface area contributed by atoms with Gasteiger partial charge in [-0.15, -0.1) is 0 Å². The molecule has 0 saturated heterocycles. The van der Waals surface area contributed by atoms with Crippen LogP contribution in [0, 0.1) is 0 Å². The number of aryl methyl sites for hydroxylation is 1. The number of H-pyrrole nitrogens is 1. The second-order valence-electron chi connectivity index (χ2n) is 5.64. The number of halogens is 2. The molecule has 0 aliphatic rings. The number of aromatic amines is 1. The minimum absolute atomic E-state index is 0.205. The van der Waals surface area contributed by atoms with Gasteiger partial charge in [0.2, 0.25) is 5.95 Å². The monoisotopic (exact) mass is 356 g/mol. The lowest BCUT2D eigenvalue weighted by Gasteiger charge is -2.06. The van der Waals surface area contributed by atoms with E-state index in [2.05, 4.69) is 40.1 Å². The summed E-state index contributed by atoms with van der Waals surface area (Å²) in [4.78, 5) is 12.2. The lowest BCUT2D eigenvalue weighted by molar-refractivity contribution is 1.15. The van der Waals surface area contributed by atoms with E-state index < -0.39 is 0 Å². The lowest BCUT2D eigenvalue weighted by atomic mass is 10.1. The number of nitrogens with zero attached hydrogens (tertiary/aromatic N) is 2. The predicted molar refractivity (Wildman–Crippen MR) is 101 cm³/mol. The van der Waals surface area contributed by atoms with Gasteiger partial charge in [0.1, 0.15) is 11.2 Å². The standard InChI is InChI=1S/C18H14Cl2N4/c1-2-9-3-6-14-12(7-9)16-17(22-14)15(23-18(21)24-16)11-8-10(19)4-5-13(11)20/h3-8,22H,2H2,1H3,(H2,21,23,24). The van der Waals surface area contributed by atoms with Gasteiger partial charge in [-0.3, -0.25) is 0 Å². The maximum absolute atomic E-state index is 6.36. The van der Waals surface area contributed by atoms with Crippen molar-refractivity contribution in [2.24, 2.45) is 0 Å². The van der Waals surface area contributed by atoms with E-state index in [1.807, 2.05) is 0 Å². The van der Waals surface area contributed by atoms with Crippen molar-refractivity contribution in [2.45, 2.75) is 13.3 Å². The minimum Gasteiger partial charge on any atom is -0.368 e. The molecule has 0 radical (unpaired) electrons. The zero-order valence-corrected chi connectivity index (χ0v) is 14.4. The fourth-order valence-electron chi connectivity index (χ4n) is 2.92. The molecule has 3 N–H and O–H groups in total. The highest BCUT2D eigenvalue weighted by molar-refractivity contribution is 6.35. The summed E-state index contributed by atoms with van der Waals surface area (Å²) < 4.78 is 0. The van der Waals surface area contributed by atoms with Crippen molar-refractivity contribution in [3.05, 3.63) is 52.0 Å². The first-order chi connectivity index (χ1) is 11.6. The molecule has 0 saturated carbocycles. The number of nitrogens with two attached hydrogens (primary N) is 1. The summed E-state index contributed by atoms with van der Waals surface area (Å²) in [6, 6.07) is 11.6. The highest BCUT2D eigenvalue weighted by atomic mass is 35.5. The highest BCUT2D eigenvalue weighted by Crippen LogP contribution is 2.36. The van der Waals surface area contributed by atoms with E-state index in [0.29, 0.717) is 15.7 Å². The normalized spacial score (nSPS) is 11.5. The fourth-order valence-corrected chi connectivity index (χ4v) is 3.30. The van der Waals surface area contributed by atoms with Crippen LogP contribution in [0.15, 0.2) is 36.4 Å². The molecule has 4 aromatic rings. The predicted octanol–water partition coefficient (Wildman–Crippen LogP) is 5.23. The highest BCUT2D eigenvalue weighted by Gasteiger charge is 2.16. The average molecular weight is 357 g/mol. The Bertz CT molecular complexity index is 1090. The van der Waals surface area contributed by atoms with E-state index in [1.165, 1.54) is 5.56 Å². The van der Waals surface area contributed by atoms with Gasteiger partial charge in [0.25, 0.3) is 0 Å². The molecular weight excluding hydrogens is 343 g/mol. The van der Waals surface area contributed by atoms with Crippen LogP contribution in [0.25, 0.3) is 33.2 Å². The van der Waals surface area contributed by atoms with Gasteiger partial charge in [-0.1, -0.05) is 36.2 Å². The van der Waals surface area contributed by atoms with Gasteiger partial charge >= 0.3 is 0 Å². The zero-order chi connectivity index (χ0) is 16.8. The lowest BCUT2D eigenvalue weighted by Crippen LogP contribution is -1.98. The Morgan fingerprint density at radius 2 is 1.92 bits per heavy atom. The molecule has 0 bridgehead atoms. The molecule has 6 heteroatoms. The number of anilines is 1. The van der Waals surface area contributed by atoms with Crippen molar-refractivity contribution in [1.82, 2.24) is 15.0 Å². The molecule has 4 rings (SSSR count). The molecule has 0 aliphatic carbocycles. The van der Waals surface area contributed by atoms with Crippen LogP contribution in [-0.4, -0.2) is 15.0 Å². The zero-order valence-electron chi connectivity index (χ0n) is 12.9. The topological polar surface area (TPSA) is 67.6 Å². The first-order valence-corrected chi connectivity index (χ1v) is 8.35. The van der Waals surface area contributed by atoms with Crippen LogP contribution in [0.4, 0.5) is 5.95 Å². The summed E-state index contributed by atoms with van der Waals surface area (Å²) in [5.41, 5.74) is 11.2. The Kier molecular flexibility index (Phi) is 3.59. The van der Waals surface area contributed by atoms with Crippen molar-refractivity contribution in [3.8, 4) is 11.3 Å². The molecule has 2 aromatic heterocycles. The van der Waals surface area contributed by atoms with Crippen LogP contribution >= 0.6 is 23.2 Å². The third-order valence-electron chi connectivity index (χ3n) is 4.12. The van der Waals surface area contributed by atoms with Crippen LogP contribution in [0.5, 0.6) is 0 Å². The Morgan fingerprint density at radius 3 is 2.71 bits per heavy atom. The fraction of sp³-hybridized carbons (Fsp3) is 0.111. The van der Waals surface area contributed by atoms with E-state index >= 15 is 0 Å². The van der Waals surface area contributed by atoms with Crippen LogP contribution in [0.2, 0.25) is 10.0 Å². The summed E-state index contributed by atoms with van der Waals surface area (Å²) in [7, 11) is 0. The average Bonchev–Trinajstić information content (AvgIpc) is 2.94. The molecule has 0 aliphatic heterocycles. The smallest absolute Gasteiger partial charge is 0.221 e. The number of nitrogens with one attached hydrogen (secondary N) is 1. The molecule has 2 aromatic carbocycles. The quantitative estimate of drug-likeness (QED) is 0.516. The van der Waals surface area contributed by atoms with Gasteiger partial charge in [0.15, 0.2) is 0 Å². The second kappa shape index (κ2) is 5.65. The Morgan fingerprint density at radius 1 is 1.08 bits per heavy atom. The molecule has 24 heavy (non-hydrogen) atoms. The first-order valence-electron chi connectivity index (χ1n) is 7.60. The van der Waals surface area contributed by atoms with E-state index in [-0.39, 0.29) is 5.95 Å². The largest absolute Gasteiger partial charge is 0.368 e. The molecule has 4 nitrogen and oxygen atoms in total. The maximum Gasteiger partial charge on any atom is 0.221 e. The number of aromatic nitrogens is 3. The molecule has 0 amide bonds. The van der Waals surface area contributed by atoms with Gasteiger partial charge in [-0.2, -0.15) is 0 Å². The summed E-state index contributed by atoms with van der Waals surface area (Å²) in [5.74, 6) is 0.205.